The minimum absolute atomic E-state index is 0.515. The van der Waals surface area contributed by atoms with Gasteiger partial charge in [0.2, 0.25) is 11.8 Å². The molecule has 94 valence electrons. The third kappa shape index (κ3) is 2.79. The lowest BCUT2D eigenvalue weighted by Crippen LogP contribution is -2.01. The molecule has 1 heterocycles. The topological polar surface area (TPSA) is 47.0 Å². The highest BCUT2D eigenvalue weighted by Gasteiger charge is 2.06. The van der Waals surface area contributed by atoms with Crippen molar-refractivity contribution in [2.24, 2.45) is 0 Å². The summed E-state index contributed by atoms with van der Waals surface area (Å²) in [5.41, 5.74) is 2.24. The summed E-state index contributed by atoms with van der Waals surface area (Å²) in [5, 5.41) is 3.20. The highest BCUT2D eigenvalue weighted by Crippen LogP contribution is 2.24. The fraction of sp³-hybridized carbons (Fsp3) is 0.231. The second-order valence-corrected chi connectivity index (χ2v) is 4.54. The molecule has 0 atom stereocenters. The third-order valence-electron chi connectivity index (χ3n) is 2.55. The molecule has 5 heteroatoms. The first-order chi connectivity index (χ1) is 8.74. The number of ether oxygens (including phenoxy) is 1. The lowest BCUT2D eigenvalue weighted by Gasteiger charge is -2.10. The van der Waals surface area contributed by atoms with E-state index < -0.39 is 0 Å². The zero-order valence-electron chi connectivity index (χ0n) is 10.3. The molecular formula is C13H14BrN3O. The van der Waals surface area contributed by atoms with E-state index in [0.717, 1.165) is 16.6 Å². The Hall–Kier alpha value is -1.62. The Bertz CT molecular complexity index is 546. The monoisotopic (exact) mass is 307 g/mol. The number of anilines is 2. The molecule has 0 spiro atoms. The van der Waals surface area contributed by atoms with Gasteiger partial charge in [-0.3, -0.25) is 0 Å². The Morgan fingerprint density at radius 1 is 1.33 bits per heavy atom. The van der Waals surface area contributed by atoms with E-state index in [2.05, 4.69) is 44.2 Å². The summed E-state index contributed by atoms with van der Waals surface area (Å²) in [4.78, 5) is 8.48. The smallest absolute Gasteiger partial charge is 0.232 e. The molecule has 18 heavy (non-hydrogen) atoms. The predicted octanol–water partition coefficient (Wildman–Crippen LogP) is 3.55. The van der Waals surface area contributed by atoms with Crippen molar-refractivity contribution in [1.29, 1.82) is 0 Å². The lowest BCUT2D eigenvalue weighted by atomic mass is 10.1. The highest BCUT2D eigenvalue weighted by atomic mass is 79.9. The zero-order chi connectivity index (χ0) is 13.0. The number of nitrogens with zero attached hydrogens (tertiary/aromatic N) is 2. The Labute approximate surface area is 115 Å². The van der Waals surface area contributed by atoms with Crippen LogP contribution in [0, 0.1) is 0 Å². The summed E-state index contributed by atoms with van der Waals surface area (Å²) in [6.07, 6.45) is 2.62. The van der Waals surface area contributed by atoms with Crippen LogP contribution in [0.25, 0.3) is 0 Å². The largest absolute Gasteiger partial charge is 0.480 e. The van der Waals surface area contributed by atoms with Crippen LogP contribution in [0.4, 0.5) is 11.6 Å². The number of benzene rings is 1. The first kappa shape index (κ1) is 12.8. The Kier molecular flexibility index (Phi) is 4.15. The van der Waals surface area contributed by atoms with E-state index >= 15 is 0 Å². The number of aromatic nitrogens is 2. The van der Waals surface area contributed by atoms with Crippen LogP contribution in [-0.2, 0) is 6.42 Å². The molecule has 0 radical (unpaired) electrons. The quantitative estimate of drug-likeness (QED) is 0.938. The minimum atomic E-state index is 0.515. The SMILES string of the molecule is CCc1ccccc1Nc1ncc(Br)c(OC)n1. The van der Waals surface area contributed by atoms with E-state index in [-0.39, 0.29) is 0 Å². The number of para-hydroxylation sites is 1. The van der Waals surface area contributed by atoms with Crippen LogP contribution in [-0.4, -0.2) is 17.1 Å². The molecule has 1 aromatic heterocycles. The van der Waals surface area contributed by atoms with Crippen LogP contribution in [0.5, 0.6) is 5.88 Å². The van der Waals surface area contributed by atoms with Crippen LogP contribution >= 0.6 is 15.9 Å². The van der Waals surface area contributed by atoms with Crippen LogP contribution < -0.4 is 10.1 Å². The van der Waals surface area contributed by atoms with Crippen molar-refractivity contribution in [3.05, 3.63) is 40.5 Å². The molecule has 0 unspecified atom stereocenters. The molecule has 0 saturated heterocycles. The molecule has 2 rings (SSSR count). The Morgan fingerprint density at radius 2 is 2.11 bits per heavy atom. The number of halogens is 1. The predicted molar refractivity (Wildman–Crippen MR) is 75.4 cm³/mol. The fourth-order valence-corrected chi connectivity index (χ4v) is 1.98. The molecule has 0 bridgehead atoms. The van der Waals surface area contributed by atoms with Crippen LogP contribution in [0.1, 0.15) is 12.5 Å². The highest BCUT2D eigenvalue weighted by molar-refractivity contribution is 9.10. The maximum atomic E-state index is 5.14. The average molecular weight is 308 g/mol. The van der Waals surface area contributed by atoms with Crippen LogP contribution in [0.15, 0.2) is 34.9 Å². The van der Waals surface area contributed by atoms with Crippen molar-refractivity contribution in [3.63, 3.8) is 0 Å². The fourth-order valence-electron chi connectivity index (χ4n) is 1.63. The summed E-state index contributed by atoms with van der Waals surface area (Å²) < 4.78 is 5.88. The number of aryl methyl sites for hydroxylation is 1. The van der Waals surface area contributed by atoms with Crippen molar-refractivity contribution in [2.75, 3.05) is 12.4 Å². The molecule has 1 N–H and O–H groups in total. The van der Waals surface area contributed by atoms with Gasteiger partial charge in [0.25, 0.3) is 0 Å². The van der Waals surface area contributed by atoms with Crippen molar-refractivity contribution in [3.8, 4) is 5.88 Å². The normalized spacial score (nSPS) is 10.2. The first-order valence-electron chi connectivity index (χ1n) is 5.66. The Morgan fingerprint density at radius 3 is 2.83 bits per heavy atom. The van der Waals surface area contributed by atoms with E-state index in [1.165, 1.54) is 5.56 Å². The van der Waals surface area contributed by atoms with Crippen LogP contribution in [0.2, 0.25) is 0 Å². The molecule has 0 aliphatic carbocycles. The number of methoxy groups -OCH3 is 1. The molecular weight excluding hydrogens is 294 g/mol. The maximum Gasteiger partial charge on any atom is 0.232 e. The zero-order valence-corrected chi connectivity index (χ0v) is 11.9. The number of nitrogens with one attached hydrogen (secondary N) is 1. The van der Waals surface area contributed by atoms with Crippen molar-refractivity contribution >= 4 is 27.6 Å². The number of hydrogen-bond donors (Lipinski definition) is 1. The minimum Gasteiger partial charge on any atom is -0.480 e. The van der Waals surface area contributed by atoms with Gasteiger partial charge >= 0.3 is 0 Å². The molecule has 2 aromatic rings. The van der Waals surface area contributed by atoms with E-state index in [1.807, 2.05) is 18.2 Å². The van der Waals surface area contributed by atoms with Gasteiger partial charge < -0.3 is 10.1 Å². The molecule has 0 aliphatic heterocycles. The van der Waals surface area contributed by atoms with Gasteiger partial charge in [0, 0.05) is 5.69 Å². The molecule has 0 aliphatic rings. The first-order valence-corrected chi connectivity index (χ1v) is 6.45. The third-order valence-corrected chi connectivity index (χ3v) is 3.09. The summed E-state index contributed by atoms with van der Waals surface area (Å²) in [5.74, 6) is 1.04. The van der Waals surface area contributed by atoms with Gasteiger partial charge in [-0.05, 0) is 34.0 Å². The Balaban J connectivity index is 2.28. The van der Waals surface area contributed by atoms with Crippen molar-refractivity contribution < 1.29 is 4.74 Å². The van der Waals surface area contributed by atoms with Gasteiger partial charge in [0.15, 0.2) is 0 Å². The molecule has 1 aromatic carbocycles. The maximum absolute atomic E-state index is 5.14. The second-order valence-electron chi connectivity index (χ2n) is 3.69. The standard InChI is InChI=1S/C13H14BrN3O/c1-3-9-6-4-5-7-11(9)16-13-15-8-10(14)12(17-13)18-2/h4-8H,3H2,1-2H3,(H,15,16,17). The van der Waals surface area contributed by atoms with Gasteiger partial charge in [-0.15, -0.1) is 0 Å². The van der Waals surface area contributed by atoms with Gasteiger partial charge in [0.1, 0.15) is 0 Å². The van der Waals surface area contributed by atoms with Gasteiger partial charge in [-0.25, -0.2) is 4.98 Å². The average Bonchev–Trinajstić information content (AvgIpc) is 2.41. The molecule has 4 nitrogen and oxygen atoms in total. The molecule has 0 amide bonds. The van der Waals surface area contributed by atoms with Gasteiger partial charge in [-0.2, -0.15) is 4.98 Å². The number of hydrogen-bond acceptors (Lipinski definition) is 4. The van der Waals surface area contributed by atoms with E-state index in [4.69, 9.17) is 4.74 Å². The summed E-state index contributed by atoms with van der Waals surface area (Å²) >= 11 is 3.33. The summed E-state index contributed by atoms with van der Waals surface area (Å²) in [7, 11) is 1.58. The number of rotatable bonds is 4. The van der Waals surface area contributed by atoms with Crippen LogP contribution in [0.3, 0.4) is 0 Å². The second kappa shape index (κ2) is 5.82. The lowest BCUT2D eigenvalue weighted by molar-refractivity contribution is 0.394. The van der Waals surface area contributed by atoms with Gasteiger partial charge in [0.05, 0.1) is 17.8 Å². The van der Waals surface area contributed by atoms with Gasteiger partial charge in [-0.1, -0.05) is 25.1 Å². The van der Waals surface area contributed by atoms with E-state index in [9.17, 15) is 0 Å². The summed E-state index contributed by atoms with van der Waals surface area (Å²) in [6.45, 7) is 2.11. The summed E-state index contributed by atoms with van der Waals surface area (Å²) in [6, 6.07) is 8.10. The van der Waals surface area contributed by atoms with Crippen molar-refractivity contribution in [2.45, 2.75) is 13.3 Å². The molecule has 0 saturated carbocycles. The van der Waals surface area contributed by atoms with E-state index in [0.29, 0.717) is 11.8 Å². The van der Waals surface area contributed by atoms with Crippen molar-refractivity contribution in [1.82, 2.24) is 9.97 Å². The molecule has 0 fully saturated rings. The van der Waals surface area contributed by atoms with E-state index in [1.54, 1.807) is 13.3 Å².